The molecule has 0 radical (unpaired) electrons. The Kier molecular flexibility index (Phi) is 2.30. The number of benzene rings is 1. The van der Waals surface area contributed by atoms with Crippen molar-refractivity contribution < 1.29 is 0 Å². The van der Waals surface area contributed by atoms with Crippen LogP contribution in [0.25, 0.3) is 0 Å². The first-order valence-corrected chi connectivity index (χ1v) is 6.67. The summed E-state index contributed by atoms with van der Waals surface area (Å²) in [5, 5.41) is 9.33. The summed E-state index contributed by atoms with van der Waals surface area (Å²) in [6, 6.07) is 11.4. The van der Waals surface area contributed by atoms with Crippen LogP contribution in [-0.4, -0.2) is 0 Å². The second-order valence-corrected chi connectivity index (χ2v) is 5.99. The van der Waals surface area contributed by atoms with E-state index in [4.69, 9.17) is 0 Å². The van der Waals surface area contributed by atoms with Gasteiger partial charge in [0.2, 0.25) is 0 Å². The Labute approximate surface area is 103 Å². The Morgan fingerprint density at radius 2 is 1.59 bits per heavy atom. The third-order valence-corrected chi connectivity index (χ3v) is 5.20. The van der Waals surface area contributed by atoms with Crippen LogP contribution in [-0.2, 0) is 5.41 Å². The molecular weight excluding hydrogens is 206 g/mol. The normalized spacial score (nSPS) is 35.5. The number of hydrogen-bond acceptors (Lipinski definition) is 1. The van der Waals surface area contributed by atoms with Crippen LogP contribution in [0.4, 0.5) is 0 Å². The highest BCUT2D eigenvalue weighted by atomic mass is 14.5. The third-order valence-electron chi connectivity index (χ3n) is 5.20. The molecule has 3 aliphatic carbocycles. The Balaban J connectivity index is 1.97. The van der Waals surface area contributed by atoms with E-state index in [1.165, 1.54) is 24.8 Å². The Morgan fingerprint density at radius 1 is 1.00 bits per heavy atom. The molecule has 1 nitrogen and oxygen atoms in total. The summed E-state index contributed by atoms with van der Waals surface area (Å²) in [5.41, 5.74) is 3.40. The second kappa shape index (κ2) is 3.60. The van der Waals surface area contributed by atoms with Crippen LogP contribution in [0.15, 0.2) is 24.3 Å². The minimum Gasteiger partial charge on any atom is -0.198 e. The standard InChI is InChI=1S/C16H19N/c1-13-4-2-3-5-14(13)16-9-6-15(12-17,7-10-16)8-11-16/h2-5H,6-11H2,1H3. The SMILES string of the molecule is Cc1ccccc1C12CCC(C#N)(CC1)CC2. The maximum atomic E-state index is 9.33. The lowest BCUT2D eigenvalue weighted by molar-refractivity contribution is 0.0845. The van der Waals surface area contributed by atoms with E-state index in [0.717, 1.165) is 19.3 Å². The van der Waals surface area contributed by atoms with E-state index < -0.39 is 0 Å². The molecule has 0 atom stereocenters. The number of rotatable bonds is 1. The second-order valence-electron chi connectivity index (χ2n) is 5.99. The fourth-order valence-corrected chi connectivity index (χ4v) is 3.93. The third kappa shape index (κ3) is 1.51. The van der Waals surface area contributed by atoms with Crippen LogP contribution in [0.2, 0.25) is 0 Å². The maximum absolute atomic E-state index is 9.33. The lowest BCUT2D eigenvalue weighted by Crippen LogP contribution is -2.43. The van der Waals surface area contributed by atoms with Crippen molar-refractivity contribution in [2.45, 2.75) is 50.9 Å². The molecule has 0 heterocycles. The first-order chi connectivity index (χ1) is 8.20. The lowest BCUT2D eigenvalue weighted by Gasteiger charge is -2.51. The lowest BCUT2D eigenvalue weighted by atomic mass is 9.52. The van der Waals surface area contributed by atoms with Crippen LogP contribution in [0.1, 0.15) is 49.7 Å². The quantitative estimate of drug-likeness (QED) is 0.705. The first-order valence-electron chi connectivity index (χ1n) is 6.67. The van der Waals surface area contributed by atoms with Gasteiger partial charge in [0.1, 0.15) is 0 Å². The number of nitrogens with zero attached hydrogens (tertiary/aromatic N) is 1. The molecule has 0 aliphatic heterocycles. The van der Waals surface area contributed by atoms with Crippen molar-refractivity contribution >= 4 is 0 Å². The summed E-state index contributed by atoms with van der Waals surface area (Å²) in [4.78, 5) is 0. The van der Waals surface area contributed by atoms with Crippen molar-refractivity contribution in [2.24, 2.45) is 5.41 Å². The van der Waals surface area contributed by atoms with E-state index in [-0.39, 0.29) is 5.41 Å². The molecule has 0 saturated heterocycles. The van der Waals surface area contributed by atoms with Gasteiger partial charge < -0.3 is 0 Å². The van der Waals surface area contributed by atoms with Crippen molar-refractivity contribution in [1.82, 2.24) is 0 Å². The molecule has 0 amide bonds. The van der Waals surface area contributed by atoms with Crippen molar-refractivity contribution in [3.05, 3.63) is 35.4 Å². The molecule has 1 aromatic carbocycles. The van der Waals surface area contributed by atoms with E-state index >= 15 is 0 Å². The molecule has 0 spiro atoms. The largest absolute Gasteiger partial charge is 0.198 e. The summed E-state index contributed by atoms with van der Waals surface area (Å²) in [5.74, 6) is 0. The number of fused-ring (bicyclic) bond motifs is 3. The minimum absolute atomic E-state index is 0.0322. The Bertz CT molecular complexity index is 456. The maximum Gasteiger partial charge on any atom is 0.0689 e. The summed E-state index contributed by atoms with van der Waals surface area (Å²) in [6.45, 7) is 2.23. The average Bonchev–Trinajstić information content (AvgIpc) is 2.41. The molecular formula is C16H19N. The van der Waals surface area contributed by atoms with Crippen LogP contribution < -0.4 is 0 Å². The van der Waals surface area contributed by atoms with Gasteiger partial charge in [-0.3, -0.25) is 0 Å². The number of hydrogen-bond donors (Lipinski definition) is 0. The van der Waals surface area contributed by atoms with Crippen molar-refractivity contribution in [1.29, 1.82) is 5.26 Å². The molecule has 2 bridgehead atoms. The van der Waals surface area contributed by atoms with Crippen molar-refractivity contribution in [2.75, 3.05) is 0 Å². The van der Waals surface area contributed by atoms with E-state index in [2.05, 4.69) is 37.3 Å². The summed E-state index contributed by atoms with van der Waals surface area (Å²) >= 11 is 0. The van der Waals surface area contributed by atoms with Gasteiger partial charge in [-0.05, 0) is 62.0 Å². The van der Waals surface area contributed by atoms with Gasteiger partial charge in [-0.1, -0.05) is 24.3 Å². The Hall–Kier alpha value is -1.29. The predicted octanol–water partition coefficient (Wildman–Crippen LogP) is 4.11. The van der Waals surface area contributed by atoms with Gasteiger partial charge in [0, 0.05) is 0 Å². The number of aryl methyl sites for hydroxylation is 1. The molecule has 1 aromatic rings. The summed E-state index contributed by atoms with van der Waals surface area (Å²) in [7, 11) is 0. The van der Waals surface area contributed by atoms with Crippen LogP contribution in [0.3, 0.4) is 0 Å². The number of nitriles is 1. The summed E-state index contributed by atoms with van der Waals surface area (Å²) < 4.78 is 0. The first kappa shape index (κ1) is 10.8. The molecule has 0 unspecified atom stereocenters. The molecule has 0 N–H and O–H groups in total. The highest BCUT2D eigenvalue weighted by Crippen LogP contribution is 2.57. The fourth-order valence-electron chi connectivity index (χ4n) is 3.93. The fraction of sp³-hybridized carbons (Fsp3) is 0.562. The molecule has 4 rings (SSSR count). The van der Waals surface area contributed by atoms with E-state index in [1.54, 1.807) is 5.56 Å². The minimum atomic E-state index is 0.0322. The molecule has 1 heteroatoms. The average molecular weight is 225 g/mol. The predicted molar refractivity (Wildman–Crippen MR) is 68.6 cm³/mol. The van der Waals surface area contributed by atoms with Gasteiger partial charge in [-0.15, -0.1) is 0 Å². The molecule has 17 heavy (non-hydrogen) atoms. The smallest absolute Gasteiger partial charge is 0.0689 e. The van der Waals surface area contributed by atoms with Gasteiger partial charge >= 0.3 is 0 Å². The van der Waals surface area contributed by atoms with Gasteiger partial charge in [0.15, 0.2) is 0 Å². The molecule has 3 aliphatic rings. The molecule has 88 valence electrons. The highest BCUT2D eigenvalue weighted by molar-refractivity contribution is 5.36. The van der Waals surface area contributed by atoms with E-state index in [1.807, 2.05) is 0 Å². The zero-order chi connectivity index (χ0) is 11.9. The van der Waals surface area contributed by atoms with Crippen LogP contribution in [0.5, 0.6) is 0 Å². The molecule has 3 saturated carbocycles. The van der Waals surface area contributed by atoms with Gasteiger partial charge in [0.25, 0.3) is 0 Å². The molecule has 0 aromatic heterocycles. The van der Waals surface area contributed by atoms with Crippen LogP contribution in [0, 0.1) is 23.7 Å². The van der Waals surface area contributed by atoms with E-state index in [0.29, 0.717) is 5.41 Å². The monoisotopic (exact) mass is 225 g/mol. The van der Waals surface area contributed by atoms with E-state index in [9.17, 15) is 5.26 Å². The summed E-state index contributed by atoms with van der Waals surface area (Å²) in [6.07, 6.45) is 6.97. The van der Waals surface area contributed by atoms with Crippen molar-refractivity contribution in [3.63, 3.8) is 0 Å². The highest BCUT2D eigenvalue weighted by Gasteiger charge is 2.49. The van der Waals surface area contributed by atoms with Crippen LogP contribution >= 0.6 is 0 Å². The Morgan fingerprint density at radius 3 is 2.12 bits per heavy atom. The zero-order valence-corrected chi connectivity index (χ0v) is 10.5. The van der Waals surface area contributed by atoms with Gasteiger partial charge in [-0.25, -0.2) is 0 Å². The van der Waals surface area contributed by atoms with Gasteiger partial charge in [-0.2, -0.15) is 5.26 Å². The van der Waals surface area contributed by atoms with Crippen molar-refractivity contribution in [3.8, 4) is 6.07 Å². The molecule has 3 fully saturated rings. The van der Waals surface area contributed by atoms with Gasteiger partial charge in [0.05, 0.1) is 11.5 Å². The zero-order valence-electron chi connectivity index (χ0n) is 10.5. The topological polar surface area (TPSA) is 23.8 Å².